The van der Waals surface area contributed by atoms with Crippen LogP contribution in [0.3, 0.4) is 0 Å². The van der Waals surface area contributed by atoms with Crippen molar-refractivity contribution in [1.29, 1.82) is 0 Å². The van der Waals surface area contributed by atoms with Gasteiger partial charge in [0.25, 0.3) is 11.8 Å². The minimum absolute atomic E-state index is 0.134. The first-order valence-corrected chi connectivity index (χ1v) is 9.21. The van der Waals surface area contributed by atoms with Gasteiger partial charge in [-0.3, -0.25) is 9.59 Å². The number of nitrogens with one attached hydrogen (secondary N) is 2. The Kier molecular flexibility index (Phi) is 4.95. The van der Waals surface area contributed by atoms with E-state index in [-0.39, 0.29) is 11.7 Å². The predicted octanol–water partition coefficient (Wildman–Crippen LogP) is 1.84. The molecule has 28 heavy (non-hydrogen) atoms. The van der Waals surface area contributed by atoms with Crippen LogP contribution in [0.2, 0.25) is 0 Å². The van der Waals surface area contributed by atoms with Gasteiger partial charge >= 0.3 is 0 Å². The lowest BCUT2D eigenvalue weighted by Crippen LogP contribution is -2.32. The fraction of sp³-hybridized carbons (Fsp3) is 0.400. The second-order valence-corrected chi connectivity index (χ2v) is 7.07. The molecule has 0 spiro atoms. The smallest absolute Gasteiger partial charge is 0.291 e. The third kappa shape index (κ3) is 3.31. The van der Waals surface area contributed by atoms with Crippen molar-refractivity contribution in [3.8, 4) is 11.5 Å². The number of benzene rings is 1. The van der Waals surface area contributed by atoms with E-state index in [0.29, 0.717) is 47.7 Å². The molecule has 0 radical (unpaired) electrons. The van der Waals surface area contributed by atoms with Crippen LogP contribution in [0.15, 0.2) is 34.9 Å². The van der Waals surface area contributed by atoms with E-state index in [1.165, 1.54) is 20.5 Å². The highest BCUT2D eigenvalue weighted by Crippen LogP contribution is 2.36. The summed E-state index contributed by atoms with van der Waals surface area (Å²) in [6.07, 6.45) is 1.42. The number of carbonyl (C=O) groups is 2. The number of ether oxygens (including phenoxy) is 2. The minimum Gasteiger partial charge on any atom is -0.493 e. The summed E-state index contributed by atoms with van der Waals surface area (Å²) in [7, 11) is 3.02. The quantitative estimate of drug-likeness (QED) is 0.816. The molecule has 0 aliphatic carbocycles. The lowest BCUT2D eigenvalue weighted by Gasteiger charge is -2.21. The first-order valence-electron chi connectivity index (χ1n) is 9.21. The molecule has 8 nitrogen and oxygen atoms in total. The molecule has 4 rings (SSSR count). The summed E-state index contributed by atoms with van der Waals surface area (Å²) in [5, 5.41) is 6.13. The van der Waals surface area contributed by atoms with Gasteiger partial charge in [0.1, 0.15) is 0 Å². The number of nitrogens with zero attached hydrogens (tertiary/aromatic N) is 1. The normalized spacial score (nSPS) is 20.7. The fourth-order valence-electron chi connectivity index (χ4n) is 3.94. The molecular formula is C20H23N3O5. The molecule has 1 aromatic carbocycles. The molecule has 0 saturated carbocycles. The van der Waals surface area contributed by atoms with E-state index in [1.54, 1.807) is 24.3 Å². The van der Waals surface area contributed by atoms with Gasteiger partial charge < -0.3 is 29.4 Å². The molecule has 8 heteroatoms. The second kappa shape index (κ2) is 7.55. The zero-order valence-corrected chi connectivity index (χ0v) is 15.9. The molecule has 148 valence electrons. The number of anilines is 1. The van der Waals surface area contributed by atoms with Crippen LogP contribution in [0.4, 0.5) is 5.69 Å². The average molecular weight is 385 g/mol. The third-order valence-corrected chi connectivity index (χ3v) is 5.42. The number of amides is 2. The van der Waals surface area contributed by atoms with Crippen molar-refractivity contribution in [1.82, 2.24) is 10.2 Å². The molecule has 1 aromatic heterocycles. The van der Waals surface area contributed by atoms with Crippen LogP contribution in [-0.2, 0) is 0 Å². The number of hydrogen-bond acceptors (Lipinski definition) is 6. The number of fused-ring (bicyclic) bond motifs is 1. The molecule has 2 fully saturated rings. The van der Waals surface area contributed by atoms with Gasteiger partial charge in [-0.25, -0.2) is 0 Å². The first-order chi connectivity index (χ1) is 13.6. The fourth-order valence-corrected chi connectivity index (χ4v) is 3.94. The van der Waals surface area contributed by atoms with Crippen LogP contribution in [0.1, 0.15) is 20.9 Å². The Morgan fingerprint density at radius 3 is 2.43 bits per heavy atom. The Morgan fingerprint density at radius 2 is 1.82 bits per heavy atom. The van der Waals surface area contributed by atoms with Gasteiger partial charge in [0.2, 0.25) is 0 Å². The van der Waals surface area contributed by atoms with Crippen LogP contribution >= 0.6 is 0 Å². The maximum atomic E-state index is 13.3. The standard InChI is InChI=1S/C20H23N3O5/c1-26-17-6-14(20(25)23-10-12-8-21-9-13(12)11-23)15(7-18(17)27-2)22-19(24)16-4-3-5-28-16/h3-7,12-13,21H,8-11H2,1-2H3,(H,22,24)/t12-,13+. The third-order valence-electron chi connectivity index (χ3n) is 5.42. The molecule has 2 atom stereocenters. The molecular weight excluding hydrogens is 362 g/mol. The maximum Gasteiger partial charge on any atom is 0.291 e. The average Bonchev–Trinajstić information content (AvgIpc) is 3.43. The first kappa shape index (κ1) is 18.4. The zero-order valence-electron chi connectivity index (χ0n) is 15.9. The van der Waals surface area contributed by atoms with Gasteiger partial charge in [-0.05, 0) is 30.0 Å². The van der Waals surface area contributed by atoms with E-state index in [9.17, 15) is 9.59 Å². The summed E-state index contributed by atoms with van der Waals surface area (Å²) >= 11 is 0. The summed E-state index contributed by atoms with van der Waals surface area (Å²) in [6, 6.07) is 6.41. The summed E-state index contributed by atoms with van der Waals surface area (Å²) in [4.78, 5) is 27.6. The summed E-state index contributed by atoms with van der Waals surface area (Å²) in [5.74, 6) is 1.41. The Hall–Kier alpha value is -3.00. The Labute approximate surface area is 162 Å². The van der Waals surface area contributed by atoms with Crippen LogP contribution in [-0.4, -0.2) is 57.1 Å². The van der Waals surface area contributed by atoms with Crippen molar-refractivity contribution in [2.75, 3.05) is 45.7 Å². The number of furan rings is 1. The molecule has 3 heterocycles. The number of rotatable bonds is 5. The Morgan fingerprint density at radius 1 is 1.14 bits per heavy atom. The Balaban J connectivity index is 1.65. The molecule has 2 aliphatic rings. The van der Waals surface area contributed by atoms with E-state index < -0.39 is 5.91 Å². The number of methoxy groups -OCH3 is 2. The zero-order chi connectivity index (χ0) is 19.7. The van der Waals surface area contributed by atoms with Crippen LogP contribution in [0.25, 0.3) is 0 Å². The molecule has 2 N–H and O–H groups in total. The lowest BCUT2D eigenvalue weighted by atomic mass is 10.0. The highest BCUT2D eigenvalue weighted by molar-refractivity contribution is 6.08. The molecule has 2 aliphatic heterocycles. The van der Waals surface area contributed by atoms with Crippen LogP contribution in [0.5, 0.6) is 11.5 Å². The molecule has 2 aromatic rings. The van der Waals surface area contributed by atoms with E-state index in [4.69, 9.17) is 13.9 Å². The molecule has 0 unspecified atom stereocenters. The lowest BCUT2D eigenvalue weighted by molar-refractivity contribution is 0.0782. The maximum absolute atomic E-state index is 13.3. The van der Waals surface area contributed by atoms with Gasteiger partial charge in [-0.1, -0.05) is 0 Å². The van der Waals surface area contributed by atoms with Crippen LogP contribution < -0.4 is 20.1 Å². The van der Waals surface area contributed by atoms with Gasteiger partial charge in [0, 0.05) is 32.2 Å². The number of likely N-dealkylation sites (tertiary alicyclic amines) is 1. The minimum atomic E-state index is -0.436. The van der Waals surface area contributed by atoms with E-state index in [0.717, 1.165) is 13.1 Å². The van der Waals surface area contributed by atoms with Crippen molar-refractivity contribution in [2.45, 2.75) is 0 Å². The van der Waals surface area contributed by atoms with Gasteiger partial charge in [-0.15, -0.1) is 0 Å². The van der Waals surface area contributed by atoms with Crippen molar-refractivity contribution in [3.63, 3.8) is 0 Å². The predicted molar refractivity (Wildman–Crippen MR) is 102 cm³/mol. The summed E-state index contributed by atoms with van der Waals surface area (Å²) in [6.45, 7) is 3.28. The van der Waals surface area contributed by atoms with E-state index in [1.807, 2.05) is 4.90 Å². The van der Waals surface area contributed by atoms with Crippen molar-refractivity contribution in [2.24, 2.45) is 11.8 Å². The van der Waals surface area contributed by atoms with Crippen LogP contribution in [0, 0.1) is 11.8 Å². The van der Waals surface area contributed by atoms with Gasteiger partial charge in [-0.2, -0.15) is 0 Å². The highest BCUT2D eigenvalue weighted by atomic mass is 16.5. The largest absolute Gasteiger partial charge is 0.493 e. The van der Waals surface area contributed by atoms with Crippen molar-refractivity contribution in [3.05, 3.63) is 41.9 Å². The molecule has 2 saturated heterocycles. The summed E-state index contributed by atoms with van der Waals surface area (Å²) in [5.41, 5.74) is 0.727. The molecule has 0 bridgehead atoms. The Bertz CT molecular complexity index is 868. The van der Waals surface area contributed by atoms with E-state index >= 15 is 0 Å². The second-order valence-electron chi connectivity index (χ2n) is 7.07. The van der Waals surface area contributed by atoms with Gasteiger partial charge in [0.15, 0.2) is 17.3 Å². The highest BCUT2D eigenvalue weighted by Gasteiger charge is 2.39. The SMILES string of the molecule is COc1cc(NC(=O)c2ccco2)c(C(=O)N2C[C@H]3CNC[C@H]3C2)cc1OC. The van der Waals surface area contributed by atoms with Crippen molar-refractivity contribution < 1.29 is 23.5 Å². The number of carbonyl (C=O) groups excluding carboxylic acids is 2. The van der Waals surface area contributed by atoms with E-state index in [2.05, 4.69) is 10.6 Å². The topological polar surface area (TPSA) is 93.0 Å². The van der Waals surface area contributed by atoms with Crippen molar-refractivity contribution >= 4 is 17.5 Å². The van der Waals surface area contributed by atoms with Gasteiger partial charge in [0.05, 0.1) is 31.7 Å². The monoisotopic (exact) mass is 385 g/mol. The molecule has 2 amide bonds. The summed E-state index contributed by atoms with van der Waals surface area (Å²) < 4.78 is 15.8. The number of hydrogen-bond donors (Lipinski definition) is 2.